The third-order valence-corrected chi connectivity index (χ3v) is 3.27. The molecule has 1 aromatic rings. The molecule has 0 saturated carbocycles. The number of hydrogen-bond donors (Lipinski definition) is 1. The van der Waals surface area contributed by atoms with Crippen molar-refractivity contribution < 1.29 is 0 Å². The summed E-state index contributed by atoms with van der Waals surface area (Å²) in [7, 11) is 0. The SMILES string of the molecule is CCCC(C)CC(N)Cc1cc(C)cc(C)c1. The molecule has 0 amide bonds. The van der Waals surface area contributed by atoms with Crippen LogP contribution < -0.4 is 5.73 Å². The molecule has 0 heterocycles. The van der Waals surface area contributed by atoms with Gasteiger partial charge >= 0.3 is 0 Å². The van der Waals surface area contributed by atoms with E-state index >= 15 is 0 Å². The van der Waals surface area contributed by atoms with E-state index < -0.39 is 0 Å². The summed E-state index contributed by atoms with van der Waals surface area (Å²) in [5, 5.41) is 0. The van der Waals surface area contributed by atoms with Crippen molar-refractivity contribution in [3.63, 3.8) is 0 Å². The maximum absolute atomic E-state index is 6.24. The molecule has 0 fully saturated rings. The van der Waals surface area contributed by atoms with Crippen LogP contribution >= 0.6 is 0 Å². The Hall–Kier alpha value is -0.820. The zero-order valence-electron chi connectivity index (χ0n) is 11.8. The first kappa shape index (κ1) is 14.2. The van der Waals surface area contributed by atoms with Crippen LogP contribution in [-0.4, -0.2) is 6.04 Å². The van der Waals surface area contributed by atoms with Crippen molar-refractivity contribution in [2.24, 2.45) is 11.7 Å². The molecule has 0 spiro atoms. The second-order valence-electron chi connectivity index (χ2n) is 5.59. The van der Waals surface area contributed by atoms with E-state index in [1.807, 2.05) is 0 Å². The van der Waals surface area contributed by atoms with Crippen LogP contribution in [0.5, 0.6) is 0 Å². The van der Waals surface area contributed by atoms with Crippen LogP contribution in [-0.2, 0) is 6.42 Å². The van der Waals surface area contributed by atoms with Gasteiger partial charge in [0.1, 0.15) is 0 Å². The number of rotatable bonds is 6. The largest absolute Gasteiger partial charge is 0.327 e. The number of aryl methyl sites for hydroxylation is 2. The lowest BCUT2D eigenvalue weighted by Crippen LogP contribution is -2.25. The van der Waals surface area contributed by atoms with Crippen LogP contribution in [0.4, 0.5) is 0 Å². The van der Waals surface area contributed by atoms with E-state index in [4.69, 9.17) is 5.73 Å². The molecular weight excluding hydrogens is 206 g/mol. The molecule has 0 aliphatic carbocycles. The van der Waals surface area contributed by atoms with Gasteiger partial charge in [0.2, 0.25) is 0 Å². The average molecular weight is 233 g/mol. The normalized spacial score (nSPS) is 14.6. The zero-order valence-corrected chi connectivity index (χ0v) is 11.8. The Morgan fingerprint density at radius 2 is 1.71 bits per heavy atom. The molecule has 96 valence electrons. The summed E-state index contributed by atoms with van der Waals surface area (Å²) in [5.74, 6) is 0.751. The van der Waals surface area contributed by atoms with Crippen LogP contribution in [0.2, 0.25) is 0 Å². The number of nitrogens with two attached hydrogens (primary N) is 1. The molecule has 17 heavy (non-hydrogen) atoms. The van der Waals surface area contributed by atoms with Crippen molar-refractivity contribution in [1.82, 2.24) is 0 Å². The van der Waals surface area contributed by atoms with Crippen LogP contribution in [0.25, 0.3) is 0 Å². The first-order chi connectivity index (χ1) is 8.01. The second kappa shape index (κ2) is 6.80. The highest BCUT2D eigenvalue weighted by Gasteiger charge is 2.09. The third kappa shape index (κ3) is 5.36. The van der Waals surface area contributed by atoms with E-state index in [1.165, 1.54) is 29.5 Å². The topological polar surface area (TPSA) is 26.0 Å². The Labute approximate surface area is 106 Å². The summed E-state index contributed by atoms with van der Waals surface area (Å²) in [6.45, 7) is 8.86. The van der Waals surface area contributed by atoms with Gasteiger partial charge in [-0.05, 0) is 38.2 Å². The molecule has 0 saturated heterocycles. The van der Waals surface area contributed by atoms with Gasteiger partial charge in [-0.15, -0.1) is 0 Å². The van der Waals surface area contributed by atoms with Gasteiger partial charge in [-0.2, -0.15) is 0 Å². The standard InChI is InChI=1S/C16H27N/c1-5-6-12(2)10-16(17)11-15-8-13(3)7-14(4)9-15/h7-9,12,16H,5-6,10-11,17H2,1-4H3. The molecule has 0 aromatic heterocycles. The predicted molar refractivity (Wildman–Crippen MR) is 76.3 cm³/mol. The first-order valence-corrected chi connectivity index (χ1v) is 6.84. The lowest BCUT2D eigenvalue weighted by atomic mass is 9.93. The summed E-state index contributed by atoms with van der Waals surface area (Å²) in [6, 6.07) is 7.04. The van der Waals surface area contributed by atoms with Gasteiger partial charge in [0, 0.05) is 6.04 Å². The fourth-order valence-corrected chi connectivity index (χ4v) is 2.70. The van der Waals surface area contributed by atoms with Crippen molar-refractivity contribution in [2.45, 2.75) is 59.4 Å². The Balaban J connectivity index is 2.52. The van der Waals surface area contributed by atoms with Gasteiger partial charge in [0.25, 0.3) is 0 Å². The monoisotopic (exact) mass is 233 g/mol. The van der Waals surface area contributed by atoms with E-state index in [1.54, 1.807) is 0 Å². The maximum Gasteiger partial charge on any atom is 0.00818 e. The lowest BCUT2D eigenvalue weighted by Gasteiger charge is -2.17. The highest BCUT2D eigenvalue weighted by atomic mass is 14.6. The fourth-order valence-electron chi connectivity index (χ4n) is 2.70. The van der Waals surface area contributed by atoms with Gasteiger partial charge < -0.3 is 5.73 Å². The molecule has 1 heteroatoms. The summed E-state index contributed by atoms with van der Waals surface area (Å²) in [4.78, 5) is 0. The summed E-state index contributed by atoms with van der Waals surface area (Å²) in [5.41, 5.74) is 10.3. The van der Waals surface area contributed by atoms with Crippen LogP contribution in [0, 0.1) is 19.8 Å². The highest BCUT2D eigenvalue weighted by Crippen LogP contribution is 2.16. The van der Waals surface area contributed by atoms with Crippen molar-refractivity contribution in [2.75, 3.05) is 0 Å². The Kier molecular flexibility index (Phi) is 5.70. The van der Waals surface area contributed by atoms with Crippen LogP contribution in [0.1, 0.15) is 49.8 Å². The van der Waals surface area contributed by atoms with E-state index in [-0.39, 0.29) is 0 Å². The Morgan fingerprint density at radius 3 is 2.24 bits per heavy atom. The first-order valence-electron chi connectivity index (χ1n) is 6.84. The Morgan fingerprint density at radius 1 is 1.12 bits per heavy atom. The van der Waals surface area contributed by atoms with Crippen molar-refractivity contribution in [1.29, 1.82) is 0 Å². The van der Waals surface area contributed by atoms with Crippen molar-refractivity contribution in [3.8, 4) is 0 Å². The van der Waals surface area contributed by atoms with Crippen LogP contribution in [0.3, 0.4) is 0 Å². The maximum atomic E-state index is 6.24. The average Bonchev–Trinajstić information content (AvgIpc) is 2.14. The summed E-state index contributed by atoms with van der Waals surface area (Å²) >= 11 is 0. The van der Waals surface area contributed by atoms with E-state index in [0.717, 1.165) is 18.8 Å². The summed E-state index contributed by atoms with van der Waals surface area (Å²) < 4.78 is 0. The van der Waals surface area contributed by atoms with E-state index in [2.05, 4.69) is 45.9 Å². The predicted octanol–water partition coefficient (Wildman–Crippen LogP) is 4.00. The molecule has 2 unspecified atom stereocenters. The lowest BCUT2D eigenvalue weighted by molar-refractivity contribution is 0.431. The van der Waals surface area contributed by atoms with Gasteiger partial charge in [0.15, 0.2) is 0 Å². The fraction of sp³-hybridized carbons (Fsp3) is 0.625. The molecule has 1 rings (SSSR count). The quantitative estimate of drug-likeness (QED) is 0.789. The summed E-state index contributed by atoms with van der Waals surface area (Å²) in [6.07, 6.45) is 4.70. The smallest absolute Gasteiger partial charge is 0.00818 e. The molecule has 0 bridgehead atoms. The van der Waals surface area contributed by atoms with Gasteiger partial charge in [-0.3, -0.25) is 0 Å². The minimum atomic E-state index is 0.303. The van der Waals surface area contributed by atoms with Crippen molar-refractivity contribution in [3.05, 3.63) is 34.9 Å². The Bertz CT molecular complexity index is 323. The highest BCUT2D eigenvalue weighted by molar-refractivity contribution is 5.29. The minimum Gasteiger partial charge on any atom is -0.327 e. The third-order valence-electron chi connectivity index (χ3n) is 3.27. The van der Waals surface area contributed by atoms with Crippen LogP contribution in [0.15, 0.2) is 18.2 Å². The van der Waals surface area contributed by atoms with Crippen molar-refractivity contribution >= 4 is 0 Å². The number of hydrogen-bond acceptors (Lipinski definition) is 1. The number of benzene rings is 1. The molecule has 1 nitrogen and oxygen atoms in total. The molecule has 0 aliphatic heterocycles. The van der Waals surface area contributed by atoms with Gasteiger partial charge in [-0.25, -0.2) is 0 Å². The molecule has 1 aromatic carbocycles. The molecule has 0 radical (unpaired) electrons. The molecule has 2 atom stereocenters. The molecule has 0 aliphatic rings. The van der Waals surface area contributed by atoms with E-state index in [9.17, 15) is 0 Å². The van der Waals surface area contributed by atoms with Gasteiger partial charge in [0.05, 0.1) is 0 Å². The minimum absolute atomic E-state index is 0.303. The van der Waals surface area contributed by atoms with Gasteiger partial charge in [-0.1, -0.05) is 56.0 Å². The molecular formula is C16H27N. The second-order valence-corrected chi connectivity index (χ2v) is 5.59. The van der Waals surface area contributed by atoms with E-state index in [0.29, 0.717) is 6.04 Å². The molecule has 2 N–H and O–H groups in total. The zero-order chi connectivity index (χ0) is 12.8.